The Labute approximate surface area is 246 Å². The molecule has 6 N–H and O–H groups in total. The van der Waals surface area contributed by atoms with Crippen molar-refractivity contribution in [1.82, 2.24) is 20.3 Å². The van der Waals surface area contributed by atoms with Gasteiger partial charge in [0.1, 0.15) is 0 Å². The topological polar surface area (TPSA) is 134 Å². The molecule has 0 radical (unpaired) electrons. The van der Waals surface area contributed by atoms with Crippen LogP contribution in [-0.4, -0.2) is 37.1 Å². The fourth-order valence-electron chi connectivity index (χ4n) is 6.76. The Morgan fingerprint density at radius 2 is 1.26 bits per heavy atom. The van der Waals surface area contributed by atoms with Crippen LogP contribution in [0.25, 0.3) is 24.3 Å². The first-order chi connectivity index (χ1) is 20.0. The summed E-state index contributed by atoms with van der Waals surface area (Å²) in [5.41, 5.74) is 12.9. The maximum atomic E-state index is 11.6. The van der Waals surface area contributed by atoms with E-state index in [-0.39, 0.29) is 24.7 Å². The van der Waals surface area contributed by atoms with Gasteiger partial charge in [0.05, 0.1) is 0 Å². The predicted molar refractivity (Wildman–Crippen MR) is 166 cm³/mol. The van der Waals surface area contributed by atoms with Crippen LogP contribution in [-0.2, 0) is 28.9 Å². The number of hydrogen-bond donors (Lipinski definition) is 6. The van der Waals surface area contributed by atoms with E-state index in [2.05, 4.69) is 79.2 Å². The summed E-state index contributed by atoms with van der Waals surface area (Å²) in [6.07, 6.45) is 11.4. The number of allylic oxidation sites excluding steroid dienone is 2. The largest absolute Gasteiger partial charge is 0.481 e. The highest BCUT2D eigenvalue weighted by molar-refractivity contribution is 5.71. The molecule has 0 aliphatic carbocycles. The molecule has 0 amide bonds. The average Bonchev–Trinajstić information content (AvgIpc) is 3.59. The van der Waals surface area contributed by atoms with Gasteiger partial charge in [-0.05, 0) is 104 Å². The molecule has 42 heavy (non-hydrogen) atoms. The summed E-state index contributed by atoms with van der Waals surface area (Å²) in [4.78, 5) is 34.1. The van der Waals surface area contributed by atoms with E-state index in [1.54, 1.807) is 0 Å². The van der Waals surface area contributed by atoms with E-state index in [0.717, 1.165) is 68.8 Å². The zero-order valence-corrected chi connectivity index (χ0v) is 25.4. The lowest BCUT2D eigenvalue weighted by atomic mass is 9.88. The van der Waals surface area contributed by atoms with Crippen LogP contribution >= 0.6 is 0 Å². The lowest BCUT2D eigenvalue weighted by molar-refractivity contribution is -0.138. The summed E-state index contributed by atoms with van der Waals surface area (Å²) in [5, 5.41) is 24.7. The van der Waals surface area contributed by atoms with Crippen LogP contribution < -0.4 is 16.0 Å². The molecule has 5 rings (SSSR count). The van der Waals surface area contributed by atoms with Crippen LogP contribution in [0.1, 0.15) is 96.2 Å². The number of rotatable bonds is 8. The minimum atomic E-state index is -0.837. The quantitative estimate of drug-likeness (QED) is 0.231. The summed E-state index contributed by atoms with van der Waals surface area (Å²) >= 11 is 0. The molecule has 0 spiro atoms. The van der Waals surface area contributed by atoms with Gasteiger partial charge in [0.15, 0.2) is 0 Å². The second-order valence-corrected chi connectivity index (χ2v) is 11.7. The van der Waals surface area contributed by atoms with Gasteiger partial charge in [-0.2, -0.15) is 0 Å². The number of fused-ring (bicyclic) bond motifs is 8. The summed E-state index contributed by atoms with van der Waals surface area (Å²) in [6, 6.07) is 0. The summed E-state index contributed by atoms with van der Waals surface area (Å²) in [5.74, 6) is -1.59. The maximum absolute atomic E-state index is 11.6. The number of nitrogens with one attached hydrogen (secondary N) is 4. The van der Waals surface area contributed by atoms with Gasteiger partial charge in [0.25, 0.3) is 0 Å². The number of aromatic nitrogens is 3. The molecule has 2 unspecified atom stereocenters. The third-order valence-electron chi connectivity index (χ3n) is 9.28. The number of aliphatic carboxylic acids is 2. The third kappa shape index (κ3) is 5.38. The fourth-order valence-corrected chi connectivity index (χ4v) is 6.76. The zero-order chi connectivity index (χ0) is 30.3. The van der Waals surface area contributed by atoms with Crippen LogP contribution in [0.5, 0.6) is 0 Å². The number of aromatic amines is 3. The molecule has 222 valence electrons. The highest BCUT2D eigenvalue weighted by Gasteiger charge is 2.33. The summed E-state index contributed by atoms with van der Waals surface area (Å²) in [6.45, 7) is 12.8. The molecular formula is C34H42N4O4. The summed E-state index contributed by atoms with van der Waals surface area (Å²) in [7, 11) is 0. The Bertz CT molecular complexity index is 1740. The summed E-state index contributed by atoms with van der Waals surface area (Å²) < 4.78 is 0. The average molecular weight is 571 g/mol. The van der Waals surface area contributed by atoms with Crippen molar-refractivity contribution < 1.29 is 19.8 Å². The molecule has 8 heteroatoms. The van der Waals surface area contributed by atoms with Crippen molar-refractivity contribution in [3.63, 3.8) is 0 Å². The second kappa shape index (κ2) is 11.6. The van der Waals surface area contributed by atoms with Crippen molar-refractivity contribution in [3.05, 3.63) is 78.2 Å². The molecule has 1 saturated heterocycles. The molecule has 8 nitrogen and oxygen atoms in total. The zero-order valence-electron chi connectivity index (χ0n) is 25.4. The molecule has 2 atom stereocenters. The van der Waals surface area contributed by atoms with E-state index < -0.39 is 11.9 Å². The van der Waals surface area contributed by atoms with Crippen LogP contribution in [0.2, 0.25) is 0 Å². The number of H-pyrrole nitrogens is 3. The molecule has 0 saturated carbocycles. The predicted octanol–water partition coefficient (Wildman–Crippen LogP) is 4.81. The van der Waals surface area contributed by atoms with Gasteiger partial charge < -0.3 is 30.5 Å². The fraction of sp³-hybridized carbons (Fsp3) is 0.412. The molecule has 2 aliphatic rings. The van der Waals surface area contributed by atoms with Crippen molar-refractivity contribution in [1.29, 1.82) is 0 Å². The first-order valence-electron chi connectivity index (χ1n) is 15.0. The van der Waals surface area contributed by atoms with Gasteiger partial charge in [-0.15, -0.1) is 0 Å². The van der Waals surface area contributed by atoms with E-state index in [1.165, 1.54) is 22.3 Å². The van der Waals surface area contributed by atoms with Gasteiger partial charge in [-0.25, -0.2) is 0 Å². The molecule has 5 heterocycles. The first-order valence-corrected chi connectivity index (χ1v) is 15.0. The van der Waals surface area contributed by atoms with Crippen molar-refractivity contribution in [3.8, 4) is 0 Å². The van der Waals surface area contributed by atoms with Crippen LogP contribution in [0.4, 0.5) is 0 Å². The van der Waals surface area contributed by atoms with E-state index in [0.29, 0.717) is 12.8 Å². The Morgan fingerprint density at radius 3 is 1.90 bits per heavy atom. The van der Waals surface area contributed by atoms with Gasteiger partial charge in [0, 0.05) is 69.5 Å². The van der Waals surface area contributed by atoms with Crippen molar-refractivity contribution in [2.75, 3.05) is 0 Å². The van der Waals surface area contributed by atoms with Gasteiger partial charge >= 0.3 is 11.9 Å². The molecule has 3 aromatic rings. The molecule has 2 aliphatic heterocycles. The molecule has 0 aromatic carbocycles. The lowest BCUT2D eigenvalue weighted by Crippen LogP contribution is -2.12. The van der Waals surface area contributed by atoms with E-state index in [4.69, 9.17) is 0 Å². The minimum Gasteiger partial charge on any atom is -0.481 e. The highest BCUT2D eigenvalue weighted by Crippen LogP contribution is 2.39. The van der Waals surface area contributed by atoms with Gasteiger partial charge in [0.2, 0.25) is 0 Å². The van der Waals surface area contributed by atoms with Gasteiger partial charge in [-0.1, -0.05) is 20.8 Å². The van der Waals surface area contributed by atoms with Gasteiger partial charge in [-0.3, -0.25) is 9.59 Å². The van der Waals surface area contributed by atoms with E-state index >= 15 is 0 Å². The lowest BCUT2D eigenvalue weighted by Gasteiger charge is -2.14. The third-order valence-corrected chi connectivity index (χ3v) is 9.28. The van der Waals surface area contributed by atoms with Crippen molar-refractivity contribution in [2.24, 2.45) is 11.8 Å². The number of hydrogen-bond acceptors (Lipinski definition) is 3. The smallest absolute Gasteiger partial charge is 0.303 e. The maximum Gasteiger partial charge on any atom is 0.303 e. The highest BCUT2D eigenvalue weighted by atomic mass is 16.4. The number of carboxylic acids is 2. The SMILES string of the molecule is CCc1c2[nH]c(c1C)C=C1NC(=Cc3[nH]c(c(C)c3CCC(=O)O)C=c3[nH]c(c(C)c3CC)=C2)C(CCC(=O)O)C1C. The Hall–Kier alpha value is -4.20. The first kappa shape index (κ1) is 29.3. The number of carbonyl (C=O) groups is 2. The van der Waals surface area contributed by atoms with E-state index in [9.17, 15) is 19.8 Å². The van der Waals surface area contributed by atoms with Crippen molar-refractivity contribution in [2.45, 2.75) is 80.1 Å². The number of carboxylic acid groups (broad SMARTS) is 2. The van der Waals surface area contributed by atoms with E-state index in [1.807, 2.05) is 6.92 Å². The van der Waals surface area contributed by atoms with Crippen LogP contribution in [0, 0.1) is 32.6 Å². The van der Waals surface area contributed by atoms with Crippen LogP contribution in [0.15, 0.2) is 11.4 Å². The Kier molecular flexibility index (Phi) is 8.08. The normalized spacial score (nSPS) is 17.7. The molecular weight excluding hydrogens is 528 g/mol. The monoisotopic (exact) mass is 570 g/mol. The molecule has 1 fully saturated rings. The van der Waals surface area contributed by atoms with Crippen LogP contribution in [0.3, 0.4) is 0 Å². The molecule has 8 bridgehead atoms. The Balaban J connectivity index is 1.82. The Morgan fingerprint density at radius 1 is 0.690 bits per heavy atom. The second-order valence-electron chi connectivity index (χ2n) is 11.7. The van der Waals surface area contributed by atoms with Crippen molar-refractivity contribution >= 4 is 36.2 Å². The minimum absolute atomic E-state index is 0.0155. The standard InChI is InChI=1S/C34H42N4O4/c1-7-21-17(3)25-13-26-19(5)23(9-11-33(39)40)31(37-26)16-32-24(10-12-34(41)42)20(6)28(38-32)15-30-22(8-2)18(4)27(36-30)14-29(21)35-25/h13-16,19,23,35-38H,7-12H2,1-6H3,(H,39,40)(H,41,42). The molecule has 3 aromatic heterocycles.